The average Bonchev–Trinajstić information content (AvgIpc) is 2.94. The Balaban J connectivity index is 3.00. The van der Waals surface area contributed by atoms with Crippen molar-refractivity contribution in [3.05, 3.63) is 10.6 Å². The Bertz CT molecular complexity index is 511. The van der Waals surface area contributed by atoms with E-state index in [9.17, 15) is 14.4 Å². The van der Waals surface area contributed by atoms with Crippen LogP contribution in [-0.2, 0) is 19.1 Å². The average molecular weight is 315 g/mol. The molecule has 0 aliphatic carbocycles. The van der Waals surface area contributed by atoms with Gasteiger partial charge in [-0.15, -0.1) is 5.10 Å². The highest BCUT2D eigenvalue weighted by Crippen LogP contribution is 2.21. The number of methoxy groups -OCH3 is 2. The summed E-state index contributed by atoms with van der Waals surface area (Å²) in [5.41, 5.74) is 0.532. The molecule has 21 heavy (non-hydrogen) atoms. The monoisotopic (exact) mass is 315 g/mol. The number of nitrogens with zero attached hydrogens (tertiary/aromatic N) is 3. The van der Waals surface area contributed by atoms with E-state index in [2.05, 4.69) is 19.1 Å². The van der Waals surface area contributed by atoms with Crippen molar-refractivity contribution in [2.24, 2.45) is 0 Å². The normalized spacial score (nSPS) is 10.3. The van der Waals surface area contributed by atoms with E-state index in [-0.39, 0.29) is 19.0 Å². The Morgan fingerprint density at radius 2 is 1.67 bits per heavy atom. The summed E-state index contributed by atoms with van der Waals surface area (Å²) in [6, 6.07) is 0. The number of ether oxygens (including phenoxy) is 2. The Labute approximate surface area is 126 Å². The minimum Gasteiger partial charge on any atom is -0.468 e. The van der Waals surface area contributed by atoms with Crippen molar-refractivity contribution < 1.29 is 23.9 Å². The maximum atomic E-state index is 12.5. The summed E-state index contributed by atoms with van der Waals surface area (Å²) >= 11 is 0.927. The van der Waals surface area contributed by atoms with Gasteiger partial charge in [-0.25, -0.2) is 0 Å². The summed E-state index contributed by atoms with van der Waals surface area (Å²) in [5.74, 6) is -1.75. The van der Waals surface area contributed by atoms with Crippen molar-refractivity contribution in [1.29, 1.82) is 0 Å². The third kappa shape index (κ3) is 4.48. The van der Waals surface area contributed by atoms with Gasteiger partial charge in [0.05, 0.1) is 19.9 Å². The first-order chi connectivity index (χ1) is 9.90. The van der Waals surface area contributed by atoms with Crippen molar-refractivity contribution in [3.8, 4) is 0 Å². The molecule has 0 bridgehead atoms. The van der Waals surface area contributed by atoms with E-state index >= 15 is 0 Å². The first-order valence-electron chi connectivity index (χ1n) is 6.15. The molecule has 0 N–H and O–H groups in total. The predicted molar refractivity (Wildman–Crippen MR) is 73.9 cm³/mol. The number of hydrogen-bond acceptors (Lipinski definition) is 8. The van der Waals surface area contributed by atoms with E-state index in [1.165, 1.54) is 14.2 Å². The summed E-state index contributed by atoms with van der Waals surface area (Å²) in [6.45, 7) is 3.05. The highest BCUT2D eigenvalue weighted by molar-refractivity contribution is 7.08. The van der Waals surface area contributed by atoms with Gasteiger partial charge in [0.1, 0.15) is 18.0 Å². The quantitative estimate of drug-likeness (QED) is 0.703. The lowest BCUT2D eigenvalue weighted by Crippen LogP contribution is -2.40. The van der Waals surface area contributed by atoms with Crippen molar-refractivity contribution in [2.75, 3.05) is 27.3 Å². The zero-order chi connectivity index (χ0) is 16.0. The van der Waals surface area contributed by atoms with E-state index < -0.39 is 17.8 Å². The fourth-order valence-electron chi connectivity index (χ4n) is 1.51. The van der Waals surface area contributed by atoms with Gasteiger partial charge in [-0.1, -0.05) is 18.3 Å². The molecule has 0 spiro atoms. The molecule has 0 saturated carbocycles. The molecule has 0 unspecified atom stereocenters. The highest BCUT2D eigenvalue weighted by atomic mass is 32.1. The molecule has 116 valence electrons. The second kappa shape index (κ2) is 7.67. The first-order valence-corrected chi connectivity index (χ1v) is 6.93. The van der Waals surface area contributed by atoms with Crippen molar-refractivity contribution >= 4 is 29.4 Å². The summed E-state index contributed by atoms with van der Waals surface area (Å²) in [5, 5.41) is 3.91. The Morgan fingerprint density at radius 1 is 1.14 bits per heavy atom. The van der Waals surface area contributed by atoms with Crippen LogP contribution in [0.25, 0.3) is 0 Å². The topological polar surface area (TPSA) is 98.7 Å². The van der Waals surface area contributed by atoms with Crippen LogP contribution >= 0.6 is 11.5 Å². The molecule has 1 aromatic rings. The molecule has 1 rings (SSSR count). The van der Waals surface area contributed by atoms with Gasteiger partial charge >= 0.3 is 11.9 Å². The number of aromatic nitrogens is 2. The first kappa shape index (κ1) is 17.0. The summed E-state index contributed by atoms with van der Waals surface area (Å²) in [7, 11) is 2.41. The lowest BCUT2D eigenvalue weighted by Gasteiger charge is -2.19. The zero-order valence-corrected chi connectivity index (χ0v) is 13.1. The molecule has 0 fully saturated rings. The molecule has 1 amide bonds. The van der Waals surface area contributed by atoms with Crippen LogP contribution in [0.15, 0.2) is 0 Å². The maximum Gasteiger partial charge on any atom is 0.325 e. The Kier molecular flexibility index (Phi) is 6.22. The number of hydrogen-bond donors (Lipinski definition) is 0. The van der Waals surface area contributed by atoms with Crippen LogP contribution in [0.5, 0.6) is 0 Å². The van der Waals surface area contributed by atoms with Gasteiger partial charge in [-0.2, -0.15) is 0 Å². The standard InChI is InChI=1S/C12H17N3O5S/c1-7(2)10-11(21-14-13-10)12(18)15(5-8(16)19-3)6-9(17)20-4/h7H,5-6H2,1-4H3. The van der Waals surface area contributed by atoms with Gasteiger partial charge in [-0.05, 0) is 17.5 Å². The number of esters is 2. The third-order valence-electron chi connectivity index (χ3n) is 2.64. The van der Waals surface area contributed by atoms with Gasteiger partial charge in [0, 0.05) is 0 Å². The van der Waals surface area contributed by atoms with Crippen LogP contribution in [0.3, 0.4) is 0 Å². The Morgan fingerprint density at radius 3 is 2.10 bits per heavy atom. The minimum atomic E-state index is -0.629. The van der Waals surface area contributed by atoms with Crippen molar-refractivity contribution in [3.63, 3.8) is 0 Å². The fraction of sp³-hybridized carbons (Fsp3) is 0.583. The van der Waals surface area contributed by atoms with Crippen LogP contribution in [0.2, 0.25) is 0 Å². The van der Waals surface area contributed by atoms with Gasteiger partial charge in [0.15, 0.2) is 0 Å². The van der Waals surface area contributed by atoms with Crippen LogP contribution in [0, 0.1) is 0 Å². The molecule has 0 atom stereocenters. The lowest BCUT2D eigenvalue weighted by atomic mass is 10.1. The molecule has 0 radical (unpaired) electrons. The van der Waals surface area contributed by atoms with Crippen LogP contribution < -0.4 is 0 Å². The summed E-state index contributed by atoms with van der Waals surface area (Å²) < 4.78 is 12.8. The Hall–Kier alpha value is -2.03. The molecule has 8 nitrogen and oxygen atoms in total. The van der Waals surface area contributed by atoms with Gasteiger partial charge in [0.25, 0.3) is 5.91 Å². The largest absolute Gasteiger partial charge is 0.468 e. The second-order valence-corrected chi connectivity index (χ2v) is 5.21. The van der Waals surface area contributed by atoms with E-state index in [4.69, 9.17) is 0 Å². The maximum absolute atomic E-state index is 12.5. The number of carbonyl (C=O) groups is 3. The number of carbonyl (C=O) groups excluding carboxylic acids is 3. The molecule has 0 saturated heterocycles. The van der Waals surface area contributed by atoms with Crippen LogP contribution in [-0.4, -0.2) is 59.6 Å². The number of rotatable bonds is 6. The summed E-state index contributed by atoms with van der Waals surface area (Å²) in [6.07, 6.45) is 0. The summed E-state index contributed by atoms with van der Waals surface area (Å²) in [4.78, 5) is 36.6. The van der Waals surface area contributed by atoms with E-state index in [0.717, 1.165) is 16.4 Å². The molecule has 0 aliphatic rings. The van der Waals surface area contributed by atoms with Gasteiger partial charge in [0.2, 0.25) is 0 Å². The van der Waals surface area contributed by atoms with Crippen molar-refractivity contribution in [1.82, 2.24) is 14.5 Å². The number of amides is 1. The van der Waals surface area contributed by atoms with Gasteiger partial charge in [-0.3, -0.25) is 14.4 Å². The molecular weight excluding hydrogens is 298 g/mol. The zero-order valence-electron chi connectivity index (χ0n) is 12.3. The second-order valence-electron chi connectivity index (χ2n) is 4.46. The predicted octanol–water partition coefficient (Wildman–Crippen LogP) is 0.450. The van der Waals surface area contributed by atoms with E-state index in [1.54, 1.807) is 0 Å². The lowest BCUT2D eigenvalue weighted by molar-refractivity contribution is -0.144. The molecular formula is C12H17N3O5S. The van der Waals surface area contributed by atoms with Crippen molar-refractivity contribution in [2.45, 2.75) is 19.8 Å². The third-order valence-corrected chi connectivity index (χ3v) is 3.37. The minimum absolute atomic E-state index is 0.000744. The van der Waals surface area contributed by atoms with Crippen LogP contribution in [0.1, 0.15) is 35.1 Å². The van der Waals surface area contributed by atoms with E-state index in [0.29, 0.717) is 10.6 Å². The SMILES string of the molecule is COC(=O)CN(CC(=O)OC)C(=O)c1snnc1C(C)C. The van der Waals surface area contributed by atoms with Gasteiger partial charge < -0.3 is 14.4 Å². The molecule has 0 aliphatic heterocycles. The molecule has 1 heterocycles. The fourth-order valence-corrected chi connectivity index (χ4v) is 2.30. The smallest absolute Gasteiger partial charge is 0.325 e. The molecule has 1 aromatic heterocycles. The van der Waals surface area contributed by atoms with E-state index in [1.807, 2.05) is 13.8 Å². The highest BCUT2D eigenvalue weighted by Gasteiger charge is 2.27. The molecule has 0 aromatic carbocycles. The molecule has 9 heteroatoms. The van der Waals surface area contributed by atoms with Crippen LogP contribution in [0.4, 0.5) is 0 Å².